The molecule has 0 aliphatic rings. The molecular formula is C7H4N3S. The van der Waals surface area contributed by atoms with Gasteiger partial charge in [0.05, 0.1) is 0 Å². The van der Waals surface area contributed by atoms with Crippen molar-refractivity contribution >= 4 is 11.3 Å². The lowest BCUT2D eigenvalue weighted by Gasteiger charge is -1.89. The molecular weight excluding hydrogens is 158 g/mol. The fraction of sp³-hybridized carbons (Fsp3) is 0. The fourth-order valence-electron chi connectivity index (χ4n) is 0.712. The molecule has 0 unspecified atom stereocenters. The van der Waals surface area contributed by atoms with E-state index in [4.69, 9.17) is 0 Å². The van der Waals surface area contributed by atoms with E-state index in [1.54, 1.807) is 18.6 Å². The number of thiazole rings is 1. The van der Waals surface area contributed by atoms with Gasteiger partial charge in [0.2, 0.25) is 0 Å². The molecule has 0 aliphatic carbocycles. The molecule has 0 saturated carbocycles. The van der Waals surface area contributed by atoms with Gasteiger partial charge in [-0.15, -0.1) is 11.3 Å². The van der Waals surface area contributed by atoms with Crippen LogP contribution in [0.3, 0.4) is 0 Å². The third-order valence-corrected chi connectivity index (χ3v) is 1.93. The van der Waals surface area contributed by atoms with Gasteiger partial charge < -0.3 is 0 Å². The van der Waals surface area contributed by atoms with Gasteiger partial charge in [-0.1, -0.05) is 0 Å². The second-order valence-electron chi connectivity index (χ2n) is 1.85. The van der Waals surface area contributed by atoms with Gasteiger partial charge in [-0.05, 0) is 0 Å². The summed E-state index contributed by atoms with van der Waals surface area (Å²) in [6.07, 6.45) is 7.72. The quantitative estimate of drug-likeness (QED) is 0.636. The van der Waals surface area contributed by atoms with Crippen LogP contribution in [0.15, 0.2) is 24.0 Å². The summed E-state index contributed by atoms with van der Waals surface area (Å²) >= 11 is 1.53. The van der Waals surface area contributed by atoms with Crippen LogP contribution < -0.4 is 0 Å². The lowest BCUT2D eigenvalue weighted by Crippen LogP contribution is -1.82. The van der Waals surface area contributed by atoms with Crippen LogP contribution in [0.5, 0.6) is 0 Å². The highest BCUT2D eigenvalue weighted by Crippen LogP contribution is 2.16. The zero-order valence-electron chi connectivity index (χ0n) is 5.56. The molecule has 0 spiro atoms. The lowest BCUT2D eigenvalue weighted by molar-refractivity contribution is 1.18. The molecule has 0 aromatic carbocycles. The monoisotopic (exact) mass is 162 g/mol. The molecule has 0 amide bonds. The molecule has 0 bridgehead atoms. The smallest absolute Gasteiger partial charge is 0.144 e. The summed E-state index contributed by atoms with van der Waals surface area (Å²) in [7, 11) is 0. The Hall–Kier alpha value is -1.29. The minimum absolute atomic E-state index is 0.711. The summed E-state index contributed by atoms with van der Waals surface area (Å²) < 4.78 is 0. The molecule has 2 aromatic rings. The van der Waals surface area contributed by atoms with Crippen LogP contribution in [0, 0.1) is 6.20 Å². The molecule has 0 atom stereocenters. The Balaban J connectivity index is 2.46. The van der Waals surface area contributed by atoms with Gasteiger partial charge in [0.25, 0.3) is 0 Å². The largest absolute Gasteiger partial charge is 0.251 e. The molecule has 1 radical (unpaired) electrons. The third kappa shape index (κ3) is 1.25. The number of hydrogen-bond acceptors (Lipinski definition) is 4. The maximum Gasteiger partial charge on any atom is 0.144 e. The van der Waals surface area contributed by atoms with E-state index in [9.17, 15) is 0 Å². The van der Waals surface area contributed by atoms with Crippen LogP contribution in [0.2, 0.25) is 0 Å². The average Bonchev–Trinajstić information content (AvgIpc) is 2.58. The van der Waals surface area contributed by atoms with Crippen molar-refractivity contribution in [3.05, 3.63) is 30.2 Å². The van der Waals surface area contributed by atoms with Crippen molar-refractivity contribution in [2.45, 2.75) is 0 Å². The van der Waals surface area contributed by atoms with Gasteiger partial charge in [0.1, 0.15) is 16.9 Å². The molecule has 3 nitrogen and oxygen atoms in total. The van der Waals surface area contributed by atoms with Crippen LogP contribution >= 0.6 is 11.3 Å². The summed E-state index contributed by atoms with van der Waals surface area (Å²) in [5.41, 5.74) is 0.711. The van der Waals surface area contributed by atoms with E-state index >= 15 is 0 Å². The predicted molar refractivity (Wildman–Crippen MR) is 42.0 cm³/mol. The molecule has 0 fully saturated rings. The van der Waals surface area contributed by atoms with E-state index in [1.165, 1.54) is 11.3 Å². The zero-order valence-corrected chi connectivity index (χ0v) is 6.38. The van der Waals surface area contributed by atoms with E-state index in [0.717, 1.165) is 5.01 Å². The standard InChI is InChI=1S/C7H4N3S/c1-2-9-6(5-8-1)7-10-3-4-11-7/h1-4H. The van der Waals surface area contributed by atoms with Gasteiger partial charge >= 0.3 is 0 Å². The summed E-state index contributed by atoms with van der Waals surface area (Å²) in [5, 5.41) is 2.76. The van der Waals surface area contributed by atoms with Crippen LogP contribution in [0.25, 0.3) is 10.7 Å². The minimum atomic E-state index is 0.711. The van der Waals surface area contributed by atoms with Gasteiger partial charge in [-0.2, -0.15) is 0 Å². The SMILES string of the molecule is [c]1nccnc1-c1nccs1. The Labute approximate surface area is 67.8 Å². The van der Waals surface area contributed by atoms with Crippen molar-refractivity contribution in [3.63, 3.8) is 0 Å². The Morgan fingerprint density at radius 3 is 2.82 bits per heavy atom. The summed E-state index contributed by atoms with van der Waals surface area (Å²) in [5.74, 6) is 0. The lowest BCUT2D eigenvalue weighted by atomic mass is 10.5. The van der Waals surface area contributed by atoms with Crippen LogP contribution in [-0.2, 0) is 0 Å². The first kappa shape index (κ1) is 6.42. The van der Waals surface area contributed by atoms with E-state index in [0.29, 0.717) is 5.69 Å². The Kier molecular flexibility index (Phi) is 1.61. The molecule has 0 aliphatic heterocycles. The van der Waals surface area contributed by atoms with Crippen LogP contribution in [0.1, 0.15) is 0 Å². The Morgan fingerprint density at radius 2 is 2.18 bits per heavy atom. The number of hydrogen-bond donors (Lipinski definition) is 0. The van der Waals surface area contributed by atoms with E-state index in [2.05, 4.69) is 21.1 Å². The zero-order chi connectivity index (χ0) is 7.52. The first-order valence-corrected chi connectivity index (χ1v) is 3.93. The molecule has 53 valence electrons. The summed E-state index contributed by atoms with van der Waals surface area (Å²) in [6.45, 7) is 0. The highest BCUT2D eigenvalue weighted by atomic mass is 32.1. The second-order valence-corrected chi connectivity index (χ2v) is 2.75. The van der Waals surface area contributed by atoms with E-state index < -0.39 is 0 Å². The first-order chi connectivity index (χ1) is 5.47. The molecule has 0 saturated heterocycles. The summed E-state index contributed by atoms with van der Waals surface area (Å²) in [6, 6.07) is 0. The number of aromatic nitrogens is 3. The first-order valence-electron chi connectivity index (χ1n) is 3.05. The van der Waals surface area contributed by atoms with Crippen LogP contribution in [-0.4, -0.2) is 15.0 Å². The maximum absolute atomic E-state index is 4.07. The molecule has 2 rings (SSSR count). The van der Waals surface area contributed by atoms with Crippen molar-refractivity contribution in [2.75, 3.05) is 0 Å². The number of nitrogens with zero attached hydrogens (tertiary/aromatic N) is 3. The van der Waals surface area contributed by atoms with Crippen molar-refractivity contribution in [1.82, 2.24) is 15.0 Å². The second kappa shape index (κ2) is 2.75. The Bertz CT molecular complexity index is 317. The van der Waals surface area contributed by atoms with Gasteiger partial charge in [0, 0.05) is 24.0 Å². The predicted octanol–water partition coefficient (Wildman–Crippen LogP) is 1.40. The minimum Gasteiger partial charge on any atom is -0.251 e. The normalized spacial score (nSPS) is 9.82. The molecule has 11 heavy (non-hydrogen) atoms. The fourth-order valence-corrected chi connectivity index (χ4v) is 1.29. The Morgan fingerprint density at radius 1 is 1.18 bits per heavy atom. The van der Waals surface area contributed by atoms with Crippen molar-refractivity contribution in [3.8, 4) is 10.7 Å². The van der Waals surface area contributed by atoms with E-state index in [-0.39, 0.29) is 0 Å². The van der Waals surface area contributed by atoms with Gasteiger partial charge in [-0.3, -0.25) is 4.98 Å². The van der Waals surface area contributed by atoms with Gasteiger partial charge in [-0.25, -0.2) is 9.97 Å². The average molecular weight is 162 g/mol. The highest BCUT2D eigenvalue weighted by molar-refractivity contribution is 7.13. The molecule has 2 heterocycles. The van der Waals surface area contributed by atoms with Crippen molar-refractivity contribution < 1.29 is 0 Å². The maximum atomic E-state index is 4.07. The number of rotatable bonds is 1. The van der Waals surface area contributed by atoms with Crippen molar-refractivity contribution in [1.29, 1.82) is 0 Å². The highest BCUT2D eigenvalue weighted by Gasteiger charge is 1.99. The van der Waals surface area contributed by atoms with Crippen LogP contribution in [0.4, 0.5) is 0 Å². The molecule has 4 heteroatoms. The summed E-state index contributed by atoms with van der Waals surface area (Å²) in [4.78, 5) is 11.9. The third-order valence-electron chi connectivity index (χ3n) is 1.15. The van der Waals surface area contributed by atoms with Crippen molar-refractivity contribution in [2.24, 2.45) is 0 Å². The van der Waals surface area contributed by atoms with Gasteiger partial charge in [0.15, 0.2) is 0 Å². The topological polar surface area (TPSA) is 38.7 Å². The molecule has 0 N–H and O–H groups in total. The molecule has 2 aromatic heterocycles. The van der Waals surface area contributed by atoms with E-state index in [1.807, 2.05) is 5.38 Å².